The van der Waals surface area contributed by atoms with Crippen molar-refractivity contribution in [3.05, 3.63) is 67.8 Å². The second-order valence-electron chi connectivity index (χ2n) is 6.72. The monoisotopic (exact) mass is 562 g/mol. The van der Waals surface area contributed by atoms with Crippen LogP contribution in [0.15, 0.2) is 36.4 Å². The normalized spacial score (nSPS) is 13.3. The molecule has 20 heteroatoms. The number of halogens is 12. The lowest BCUT2D eigenvalue weighted by atomic mass is 9.72. The third kappa shape index (κ3) is 5.88. The lowest BCUT2D eigenvalue weighted by Crippen LogP contribution is -2.54. The summed E-state index contributed by atoms with van der Waals surface area (Å²) in [4.78, 5) is 18.7. The molecular formula is C17H6F12N2O6. The summed E-state index contributed by atoms with van der Waals surface area (Å²) in [5.74, 6) is -3.61. The first-order chi connectivity index (χ1) is 16.5. The van der Waals surface area contributed by atoms with Gasteiger partial charge in [0, 0.05) is 12.1 Å². The van der Waals surface area contributed by atoms with Gasteiger partial charge < -0.3 is 9.47 Å². The summed E-state index contributed by atoms with van der Waals surface area (Å²) in [6.07, 6.45) is -24.5. The minimum atomic E-state index is -6.58. The highest BCUT2D eigenvalue weighted by Crippen LogP contribution is 2.58. The molecule has 0 aliphatic rings. The van der Waals surface area contributed by atoms with Crippen molar-refractivity contribution in [1.82, 2.24) is 0 Å². The summed E-state index contributed by atoms with van der Waals surface area (Å²) >= 11 is 0. The molecule has 0 fully saturated rings. The third-order valence-electron chi connectivity index (χ3n) is 4.48. The average molecular weight is 562 g/mol. The number of hydrogen-bond donors (Lipinski definition) is 0. The highest BCUT2D eigenvalue weighted by Gasteiger charge is 2.73. The second-order valence-corrected chi connectivity index (χ2v) is 6.72. The maximum absolute atomic E-state index is 14.2. The fourth-order valence-corrected chi connectivity index (χ4v) is 3.19. The largest absolute Gasteiger partial charge is 0.573 e. The highest BCUT2D eigenvalue weighted by molar-refractivity contribution is 5.58. The van der Waals surface area contributed by atoms with Gasteiger partial charge in [-0.2, -0.15) is 26.3 Å². The van der Waals surface area contributed by atoms with Crippen LogP contribution in [0.4, 0.5) is 64.1 Å². The van der Waals surface area contributed by atoms with Gasteiger partial charge in [-0.15, -0.1) is 26.3 Å². The molecule has 0 spiro atoms. The molecule has 0 aliphatic carbocycles. The van der Waals surface area contributed by atoms with Gasteiger partial charge in [0.25, 0.3) is 0 Å². The number of hydrogen-bond acceptors (Lipinski definition) is 6. The number of nitro benzene ring substituents is 2. The molecule has 0 amide bonds. The predicted molar refractivity (Wildman–Crippen MR) is 92.4 cm³/mol. The summed E-state index contributed by atoms with van der Waals surface area (Å²) in [6, 6.07) is -2.14. The Labute approximate surface area is 194 Å². The fourth-order valence-electron chi connectivity index (χ4n) is 3.19. The van der Waals surface area contributed by atoms with Crippen LogP contribution in [-0.4, -0.2) is 34.9 Å². The van der Waals surface area contributed by atoms with E-state index >= 15 is 0 Å². The second kappa shape index (κ2) is 9.14. The summed E-state index contributed by atoms with van der Waals surface area (Å²) in [6.45, 7) is 0. The number of rotatable bonds is 6. The van der Waals surface area contributed by atoms with Gasteiger partial charge in [-0.1, -0.05) is 12.1 Å². The SMILES string of the molecule is O=[N+]([O-])c1cc(C(c2ccc(OC(F)(F)F)c([N+](=O)[O-])c2)(C(F)(F)F)C(F)(F)F)ccc1OC(F)(F)F. The molecule has 0 atom stereocenters. The smallest absolute Gasteiger partial charge is 0.398 e. The van der Waals surface area contributed by atoms with Gasteiger partial charge in [-0.25, -0.2) is 0 Å². The number of nitrogens with zero attached hydrogens (tertiary/aromatic N) is 2. The maximum Gasteiger partial charge on any atom is 0.573 e. The topological polar surface area (TPSA) is 105 Å². The van der Waals surface area contributed by atoms with Crippen molar-refractivity contribution in [2.45, 2.75) is 30.5 Å². The van der Waals surface area contributed by atoms with E-state index in [-0.39, 0.29) is 24.3 Å². The average Bonchev–Trinajstić information content (AvgIpc) is 2.65. The summed E-state index contributed by atoms with van der Waals surface area (Å²) in [5, 5.41) is 22.3. The van der Waals surface area contributed by atoms with Crippen molar-refractivity contribution in [2.24, 2.45) is 0 Å². The first-order valence-corrected chi connectivity index (χ1v) is 8.74. The van der Waals surface area contributed by atoms with Crippen LogP contribution >= 0.6 is 0 Å². The van der Waals surface area contributed by atoms with E-state index in [4.69, 9.17) is 0 Å². The van der Waals surface area contributed by atoms with Crippen LogP contribution in [0.5, 0.6) is 11.5 Å². The molecule has 8 nitrogen and oxygen atoms in total. The van der Waals surface area contributed by atoms with Crippen LogP contribution in [-0.2, 0) is 5.41 Å². The number of alkyl halides is 12. The van der Waals surface area contributed by atoms with E-state index in [2.05, 4.69) is 9.47 Å². The molecule has 2 rings (SSSR count). The molecule has 0 radical (unpaired) electrons. The molecule has 204 valence electrons. The van der Waals surface area contributed by atoms with E-state index < -0.39 is 86.5 Å². The van der Waals surface area contributed by atoms with E-state index in [1.54, 1.807) is 0 Å². The molecule has 0 unspecified atom stereocenters. The van der Waals surface area contributed by atoms with Gasteiger partial charge in [0.15, 0.2) is 0 Å². The van der Waals surface area contributed by atoms with Crippen LogP contribution in [0, 0.1) is 20.2 Å². The van der Waals surface area contributed by atoms with Crippen molar-refractivity contribution in [1.29, 1.82) is 0 Å². The lowest BCUT2D eigenvalue weighted by Gasteiger charge is -2.38. The molecule has 37 heavy (non-hydrogen) atoms. The Morgan fingerprint density at radius 1 is 0.568 bits per heavy atom. The summed E-state index contributed by atoms with van der Waals surface area (Å²) < 4.78 is 166. The van der Waals surface area contributed by atoms with Crippen molar-refractivity contribution in [3.63, 3.8) is 0 Å². The van der Waals surface area contributed by atoms with E-state index in [0.29, 0.717) is 0 Å². The van der Waals surface area contributed by atoms with E-state index in [1.807, 2.05) is 0 Å². The summed E-state index contributed by atoms with van der Waals surface area (Å²) in [7, 11) is 0. The number of nitro groups is 2. The van der Waals surface area contributed by atoms with Crippen molar-refractivity contribution < 1.29 is 72.0 Å². The molecular weight excluding hydrogens is 556 g/mol. The first kappa shape index (κ1) is 29.2. The van der Waals surface area contributed by atoms with Gasteiger partial charge in [-0.3, -0.25) is 20.2 Å². The molecule has 0 bridgehead atoms. The van der Waals surface area contributed by atoms with Gasteiger partial charge in [-0.05, 0) is 23.3 Å². The van der Waals surface area contributed by atoms with Crippen LogP contribution in [0.1, 0.15) is 11.1 Å². The minimum Gasteiger partial charge on any atom is -0.398 e. The van der Waals surface area contributed by atoms with Crippen LogP contribution in [0.25, 0.3) is 0 Å². The van der Waals surface area contributed by atoms with Crippen LogP contribution in [0.3, 0.4) is 0 Å². The van der Waals surface area contributed by atoms with Crippen LogP contribution < -0.4 is 9.47 Å². The lowest BCUT2D eigenvalue weighted by molar-refractivity contribution is -0.389. The molecule has 0 saturated carbocycles. The number of benzene rings is 2. The zero-order valence-electron chi connectivity index (χ0n) is 16.8. The molecule has 0 N–H and O–H groups in total. The summed E-state index contributed by atoms with van der Waals surface area (Å²) in [5.41, 5.74) is -13.8. The molecule has 0 heterocycles. The molecule has 0 aromatic heterocycles. The minimum absolute atomic E-state index is 0.233. The quantitative estimate of drug-likeness (QED) is 0.220. The Hall–Kier alpha value is -4.00. The highest BCUT2D eigenvalue weighted by atomic mass is 19.4. The van der Waals surface area contributed by atoms with Gasteiger partial charge in [0.05, 0.1) is 9.85 Å². The molecule has 2 aromatic carbocycles. The Balaban J connectivity index is 3.00. The van der Waals surface area contributed by atoms with E-state index in [9.17, 15) is 72.9 Å². The Morgan fingerprint density at radius 3 is 1.08 bits per heavy atom. The van der Waals surface area contributed by atoms with Gasteiger partial charge in [0.1, 0.15) is 0 Å². The fraction of sp³-hybridized carbons (Fsp3) is 0.294. The van der Waals surface area contributed by atoms with Crippen molar-refractivity contribution in [3.8, 4) is 11.5 Å². The van der Waals surface area contributed by atoms with Crippen molar-refractivity contribution in [2.75, 3.05) is 0 Å². The van der Waals surface area contributed by atoms with E-state index in [0.717, 1.165) is 0 Å². The molecule has 0 saturated heterocycles. The van der Waals surface area contributed by atoms with E-state index in [1.165, 1.54) is 0 Å². The Kier molecular flexibility index (Phi) is 7.22. The van der Waals surface area contributed by atoms with Gasteiger partial charge >= 0.3 is 36.5 Å². The van der Waals surface area contributed by atoms with Gasteiger partial charge in [0.2, 0.25) is 16.9 Å². The standard InChI is InChI=1S/C17H6F12N2O6/c18-14(19,20)13(15(21,22)23,7-1-3-11(36-16(24,25)26)9(5-7)30(32)33)8-2-4-12(37-17(27,28)29)10(6-8)31(34)35/h1-6H. The predicted octanol–water partition coefficient (Wildman–Crippen LogP) is 6.71. The maximum atomic E-state index is 14.2. The molecule has 0 aliphatic heterocycles. The zero-order valence-corrected chi connectivity index (χ0v) is 16.8. The number of ether oxygens (including phenoxy) is 2. The van der Waals surface area contributed by atoms with Crippen molar-refractivity contribution >= 4 is 11.4 Å². The zero-order chi connectivity index (χ0) is 28.8. The first-order valence-electron chi connectivity index (χ1n) is 8.74. The van der Waals surface area contributed by atoms with Crippen LogP contribution in [0.2, 0.25) is 0 Å². The third-order valence-corrected chi connectivity index (χ3v) is 4.48. The molecule has 2 aromatic rings. The Morgan fingerprint density at radius 2 is 0.865 bits per heavy atom. The Bertz CT molecular complexity index is 1110.